The minimum absolute atomic E-state index is 0.107. The summed E-state index contributed by atoms with van der Waals surface area (Å²) in [5.74, 6) is -0.355. The number of urea groups is 1. The Balaban J connectivity index is 1.75. The van der Waals surface area contributed by atoms with Gasteiger partial charge in [-0.05, 0) is 48.9 Å². The summed E-state index contributed by atoms with van der Waals surface area (Å²) in [6, 6.07) is 9.68. The van der Waals surface area contributed by atoms with Crippen molar-refractivity contribution in [3.05, 3.63) is 48.0 Å². The molecule has 3 rings (SSSR count). The van der Waals surface area contributed by atoms with Crippen LogP contribution < -0.4 is 20.1 Å². The van der Waals surface area contributed by atoms with Crippen LogP contribution in [-0.4, -0.2) is 58.2 Å². The van der Waals surface area contributed by atoms with Crippen LogP contribution in [-0.2, 0) is 25.0 Å². The average molecular weight is 461 g/mol. The predicted molar refractivity (Wildman–Crippen MR) is 115 cm³/mol. The molecule has 0 bridgehead atoms. The van der Waals surface area contributed by atoms with Crippen LogP contribution in [0.5, 0.6) is 11.5 Å². The van der Waals surface area contributed by atoms with Gasteiger partial charge in [0.2, 0.25) is 5.91 Å². The van der Waals surface area contributed by atoms with Crippen LogP contribution in [0.15, 0.2) is 47.4 Å². The van der Waals surface area contributed by atoms with Crippen molar-refractivity contribution in [1.82, 2.24) is 10.2 Å². The zero-order valence-corrected chi connectivity index (χ0v) is 18.8. The first-order valence-corrected chi connectivity index (χ1v) is 11.4. The molecule has 1 heterocycles. The van der Waals surface area contributed by atoms with E-state index < -0.39 is 39.8 Å². The van der Waals surface area contributed by atoms with Gasteiger partial charge in [0.1, 0.15) is 12.1 Å². The quantitative estimate of drug-likeness (QED) is 0.598. The van der Waals surface area contributed by atoms with Crippen molar-refractivity contribution in [1.29, 1.82) is 0 Å². The highest BCUT2D eigenvalue weighted by molar-refractivity contribution is 7.90. The van der Waals surface area contributed by atoms with Crippen LogP contribution in [0.3, 0.4) is 0 Å². The van der Waals surface area contributed by atoms with Crippen LogP contribution in [0.25, 0.3) is 0 Å². The molecule has 2 N–H and O–H groups in total. The Hall–Kier alpha value is -3.60. The number of ether oxygens (including phenoxy) is 2. The molecule has 2 aromatic rings. The van der Waals surface area contributed by atoms with Crippen LogP contribution in [0.2, 0.25) is 0 Å². The molecule has 0 aliphatic carbocycles. The summed E-state index contributed by atoms with van der Waals surface area (Å²) in [7, 11) is -0.426. The summed E-state index contributed by atoms with van der Waals surface area (Å²) in [5.41, 5.74) is -0.599. The molecule has 32 heavy (non-hydrogen) atoms. The van der Waals surface area contributed by atoms with E-state index in [4.69, 9.17) is 9.47 Å². The van der Waals surface area contributed by atoms with Crippen molar-refractivity contribution in [2.75, 3.05) is 32.3 Å². The lowest BCUT2D eigenvalue weighted by Crippen LogP contribution is -2.42. The summed E-state index contributed by atoms with van der Waals surface area (Å²) < 4.78 is 33.5. The number of carbonyl (C=O) groups is 3. The second kappa shape index (κ2) is 8.50. The number of hydrogen-bond acceptors (Lipinski definition) is 7. The Morgan fingerprint density at radius 2 is 1.69 bits per heavy atom. The van der Waals surface area contributed by atoms with Gasteiger partial charge in [0.25, 0.3) is 5.91 Å². The van der Waals surface area contributed by atoms with E-state index in [2.05, 4.69) is 10.6 Å². The molecule has 1 saturated heterocycles. The normalized spacial score (nSPS) is 18.3. The molecule has 170 valence electrons. The molecular weight excluding hydrogens is 438 g/mol. The molecule has 1 atom stereocenters. The fourth-order valence-electron chi connectivity index (χ4n) is 3.31. The lowest BCUT2D eigenvalue weighted by molar-refractivity contribution is -0.133. The zero-order valence-electron chi connectivity index (χ0n) is 18.0. The topological polar surface area (TPSA) is 131 Å². The van der Waals surface area contributed by atoms with Gasteiger partial charge in [-0.25, -0.2) is 13.2 Å². The number of hydrogen-bond donors (Lipinski definition) is 2. The third kappa shape index (κ3) is 4.37. The molecule has 1 fully saturated rings. The fraction of sp³-hybridized carbons (Fsp3) is 0.286. The number of anilines is 1. The number of sulfone groups is 1. The molecule has 2 aromatic carbocycles. The van der Waals surface area contributed by atoms with E-state index in [1.54, 1.807) is 18.2 Å². The maximum Gasteiger partial charge on any atom is 0.325 e. The van der Waals surface area contributed by atoms with Crippen LogP contribution >= 0.6 is 0 Å². The van der Waals surface area contributed by atoms with Crippen molar-refractivity contribution in [2.24, 2.45) is 0 Å². The number of imide groups is 1. The Morgan fingerprint density at radius 1 is 1.06 bits per heavy atom. The minimum Gasteiger partial charge on any atom is -0.493 e. The number of nitrogens with one attached hydrogen (secondary N) is 2. The maximum absolute atomic E-state index is 13.1. The monoisotopic (exact) mass is 461 g/mol. The highest BCUT2D eigenvalue weighted by Gasteiger charge is 2.49. The Labute approximate surface area is 185 Å². The van der Waals surface area contributed by atoms with Crippen molar-refractivity contribution < 1.29 is 32.3 Å². The molecule has 11 heteroatoms. The smallest absolute Gasteiger partial charge is 0.325 e. The predicted octanol–water partition coefficient (Wildman–Crippen LogP) is 1.51. The summed E-state index contributed by atoms with van der Waals surface area (Å²) in [6.07, 6.45) is 1.08. The van der Waals surface area contributed by atoms with Crippen LogP contribution in [0.1, 0.15) is 12.5 Å². The molecule has 0 radical (unpaired) electrons. The van der Waals surface area contributed by atoms with E-state index in [0.717, 1.165) is 11.2 Å². The molecule has 0 spiro atoms. The summed E-state index contributed by atoms with van der Waals surface area (Å²) >= 11 is 0. The van der Waals surface area contributed by atoms with Crippen molar-refractivity contribution in [3.8, 4) is 11.5 Å². The summed E-state index contributed by atoms with van der Waals surface area (Å²) in [4.78, 5) is 38.9. The maximum atomic E-state index is 13.1. The van der Waals surface area contributed by atoms with Gasteiger partial charge in [0.05, 0.1) is 19.1 Å². The van der Waals surface area contributed by atoms with Gasteiger partial charge in [-0.1, -0.05) is 6.07 Å². The van der Waals surface area contributed by atoms with Gasteiger partial charge in [0, 0.05) is 11.9 Å². The van der Waals surface area contributed by atoms with Gasteiger partial charge in [-0.15, -0.1) is 0 Å². The van der Waals surface area contributed by atoms with E-state index >= 15 is 0 Å². The van der Waals surface area contributed by atoms with E-state index in [-0.39, 0.29) is 4.90 Å². The first-order valence-electron chi connectivity index (χ1n) is 9.46. The van der Waals surface area contributed by atoms with Crippen molar-refractivity contribution >= 4 is 33.4 Å². The van der Waals surface area contributed by atoms with Gasteiger partial charge >= 0.3 is 6.03 Å². The molecule has 4 amide bonds. The number of methoxy groups -OCH3 is 2. The largest absolute Gasteiger partial charge is 0.493 e. The van der Waals surface area contributed by atoms with E-state index in [1.807, 2.05) is 0 Å². The van der Waals surface area contributed by atoms with E-state index in [9.17, 15) is 22.8 Å². The SMILES string of the molecule is COc1ccc([C@]2(C)NC(=O)N(CC(=O)Nc3ccc(S(C)(=O)=O)cc3)C2=O)cc1OC. The Bertz CT molecular complexity index is 1180. The van der Waals surface area contributed by atoms with Crippen molar-refractivity contribution in [3.63, 3.8) is 0 Å². The fourth-order valence-corrected chi connectivity index (χ4v) is 3.94. The molecule has 10 nitrogen and oxygen atoms in total. The molecule has 0 aromatic heterocycles. The Kier molecular flexibility index (Phi) is 6.13. The van der Waals surface area contributed by atoms with Crippen LogP contribution in [0, 0.1) is 0 Å². The lowest BCUT2D eigenvalue weighted by atomic mass is 9.91. The first-order chi connectivity index (χ1) is 15.0. The number of amides is 4. The molecule has 1 aliphatic rings. The van der Waals surface area contributed by atoms with Gasteiger partial charge < -0.3 is 20.1 Å². The highest BCUT2D eigenvalue weighted by atomic mass is 32.2. The standard InChI is InChI=1S/C21H23N3O7S/c1-21(13-5-10-16(30-2)17(11-13)31-3)19(26)24(20(27)23-21)12-18(25)22-14-6-8-15(9-7-14)32(4,28)29/h5-11H,12H2,1-4H3,(H,22,25)(H,23,27)/t21-/m0/s1. The van der Waals surface area contributed by atoms with Crippen molar-refractivity contribution in [2.45, 2.75) is 17.4 Å². The van der Waals surface area contributed by atoms with Crippen LogP contribution in [0.4, 0.5) is 10.5 Å². The number of carbonyl (C=O) groups excluding carboxylic acids is 3. The number of benzene rings is 2. The molecule has 0 unspecified atom stereocenters. The van der Waals surface area contributed by atoms with Gasteiger partial charge in [-0.2, -0.15) is 0 Å². The third-order valence-electron chi connectivity index (χ3n) is 5.10. The summed E-state index contributed by atoms with van der Waals surface area (Å²) in [5, 5.41) is 5.17. The minimum atomic E-state index is -3.37. The number of rotatable bonds is 7. The molecular formula is C21H23N3O7S. The second-order valence-corrected chi connectivity index (χ2v) is 9.38. The first kappa shape index (κ1) is 23.1. The molecule has 0 saturated carbocycles. The van der Waals surface area contributed by atoms with Gasteiger partial charge in [-0.3, -0.25) is 14.5 Å². The molecule has 1 aliphatic heterocycles. The van der Waals surface area contributed by atoms with E-state index in [1.165, 1.54) is 45.4 Å². The second-order valence-electron chi connectivity index (χ2n) is 7.36. The highest BCUT2D eigenvalue weighted by Crippen LogP contribution is 2.35. The van der Waals surface area contributed by atoms with Gasteiger partial charge in [0.15, 0.2) is 21.3 Å². The van der Waals surface area contributed by atoms with E-state index in [0.29, 0.717) is 22.7 Å². The zero-order chi connectivity index (χ0) is 23.7. The number of nitrogens with zero attached hydrogens (tertiary/aromatic N) is 1. The summed E-state index contributed by atoms with van der Waals surface area (Å²) in [6.45, 7) is 1.03. The average Bonchev–Trinajstić information content (AvgIpc) is 2.96. The lowest BCUT2D eigenvalue weighted by Gasteiger charge is -2.23. The Morgan fingerprint density at radius 3 is 2.25 bits per heavy atom. The third-order valence-corrected chi connectivity index (χ3v) is 6.23.